The average molecular weight is 338 g/mol. The van der Waals surface area contributed by atoms with Gasteiger partial charge in [0.15, 0.2) is 0 Å². The molecule has 0 radical (unpaired) electrons. The van der Waals surface area contributed by atoms with Gasteiger partial charge >= 0.3 is 0 Å². The van der Waals surface area contributed by atoms with E-state index in [-0.39, 0.29) is 13.2 Å². The van der Waals surface area contributed by atoms with Crippen molar-refractivity contribution in [2.45, 2.75) is 0 Å². The molecular weight excluding hydrogens is 304 g/mol. The lowest BCUT2D eigenvalue weighted by molar-refractivity contribution is -0.103. The Hall–Kier alpha value is -1.06. The Labute approximate surface area is 139 Å². The molecule has 0 unspecified atom stereocenters. The topological polar surface area (TPSA) is 131 Å². The lowest BCUT2D eigenvalue weighted by Crippen LogP contribution is -2.43. The Kier molecular flexibility index (Phi) is 27.2. The van der Waals surface area contributed by atoms with E-state index in [0.29, 0.717) is 0 Å². The standard InChI is InChI=1S/C10H22O7.3C2H4/c11-1-9(2-12,3-13)7-17-8-10(4-14,5-15)6-16;3*1-2/h11-16H,1-8H2;3*1-2H2. The molecule has 23 heavy (non-hydrogen) atoms. The molecule has 0 fully saturated rings. The molecule has 0 saturated carbocycles. The molecule has 0 atom stereocenters. The second-order valence-corrected chi connectivity index (χ2v) is 4.44. The molecule has 0 aromatic rings. The van der Waals surface area contributed by atoms with Gasteiger partial charge in [-0.15, -0.1) is 39.5 Å². The fourth-order valence-electron chi connectivity index (χ4n) is 1.06. The summed E-state index contributed by atoms with van der Waals surface area (Å²) >= 11 is 0. The quantitative estimate of drug-likeness (QED) is 0.291. The fourth-order valence-corrected chi connectivity index (χ4v) is 1.06. The fraction of sp³-hybridized carbons (Fsp3) is 0.625. The van der Waals surface area contributed by atoms with Crippen LogP contribution in [0.5, 0.6) is 0 Å². The van der Waals surface area contributed by atoms with Crippen LogP contribution in [0.1, 0.15) is 0 Å². The minimum atomic E-state index is -1.16. The van der Waals surface area contributed by atoms with E-state index in [1.807, 2.05) is 0 Å². The maximum absolute atomic E-state index is 9.03. The van der Waals surface area contributed by atoms with Crippen molar-refractivity contribution in [1.82, 2.24) is 0 Å². The van der Waals surface area contributed by atoms with Crippen LogP contribution in [0.4, 0.5) is 0 Å². The normalized spacial score (nSPS) is 10.2. The first kappa shape index (κ1) is 29.9. The molecule has 0 spiro atoms. The predicted molar refractivity (Wildman–Crippen MR) is 92.0 cm³/mol. The molecule has 0 saturated heterocycles. The molecule has 7 heteroatoms. The molecule has 0 bridgehead atoms. The molecule has 6 N–H and O–H groups in total. The van der Waals surface area contributed by atoms with E-state index in [2.05, 4.69) is 39.5 Å². The summed E-state index contributed by atoms with van der Waals surface area (Å²) in [6, 6.07) is 0. The minimum Gasteiger partial charge on any atom is -0.396 e. The molecule has 0 aromatic heterocycles. The third-order valence-corrected chi connectivity index (χ3v) is 2.83. The van der Waals surface area contributed by atoms with Crippen LogP contribution < -0.4 is 0 Å². The van der Waals surface area contributed by atoms with Crippen LogP contribution in [0.25, 0.3) is 0 Å². The largest absolute Gasteiger partial charge is 0.396 e. The number of ether oxygens (including phenoxy) is 1. The molecule has 0 rings (SSSR count). The van der Waals surface area contributed by atoms with Crippen molar-refractivity contribution in [3.05, 3.63) is 39.5 Å². The lowest BCUT2D eigenvalue weighted by Gasteiger charge is -2.31. The van der Waals surface area contributed by atoms with Gasteiger partial charge < -0.3 is 35.4 Å². The van der Waals surface area contributed by atoms with Crippen LogP contribution in [0.3, 0.4) is 0 Å². The molecule has 0 heterocycles. The van der Waals surface area contributed by atoms with Crippen molar-refractivity contribution < 1.29 is 35.4 Å². The molecule has 0 aliphatic rings. The summed E-state index contributed by atoms with van der Waals surface area (Å²) in [5.41, 5.74) is -2.32. The summed E-state index contributed by atoms with van der Waals surface area (Å²) < 4.78 is 5.15. The smallest absolute Gasteiger partial charge is 0.0629 e. The third-order valence-electron chi connectivity index (χ3n) is 2.83. The average Bonchev–Trinajstić information content (AvgIpc) is 2.68. The number of aliphatic hydroxyl groups excluding tert-OH is 6. The third kappa shape index (κ3) is 12.1. The van der Waals surface area contributed by atoms with Crippen LogP contribution in [-0.4, -0.2) is 83.5 Å². The van der Waals surface area contributed by atoms with E-state index in [0.717, 1.165) is 0 Å². The highest BCUT2D eigenvalue weighted by Crippen LogP contribution is 2.19. The van der Waals surface area contributed by atoms with Gasteiger partial charge in [0.2, 0.25) is 0 Å². The summed E-state index contributed by atoms with van der Waals surface area (Å²) in [7, 11) is 0. The van der Waals surface area contributed by atoms with E-state index in [4.69, 9.17) is 35.4 Å². The summed E-state index contributed by atoms with van der Waals surface area (Å²) in [5.74, 6) is 0. The summed E-state index contributed by atoms with van der Waals surface area (Å²) in [5, 5.41) is 54.2. The lowest BCUT2D eigenvalue weighted by atomic mass is 9.91. The SMILES string of the molecule is C=C.C=C.C=C.OCC(CO)(CO)COCC(CO)(CO)CO. The number of hydrogen-bond donors (Lipinski definition) is 6. The van der Waals surface area contributed by atoms with Crippen molar-refractivity contribution in [3.8, 4) is 0 Å². The zero-order chi connectivity index (χ0) is 19.4. The monoisotopic (exact) mass is 338 g/mol. The van der Waals surface area contributed by atoms with E-state index in [1.165, 1.54) is 0 Å². The molecule has 0 aromatic carbocycles. The van der Waals surface area contributed by atoms with Crippen molar-refractivity contribution >= 4 is 0 Å². The van der Waals surface area contributed by atoms with Gasteiger partial charge in [-0.25, -0.2) is 0 Å². The number of hydrogen-bond acceptors (Lipinski definition) is 7. The zero-order valence-corrected chi connectivity index (χ0v) is 14.0. The van der Waals surface area contributed by atoms with Crippen molar-refractivity contribution in [2.75, 3.05) is 52.9 Å². The van der Waals surface area contributed by atoms with Crippen molar-refractivity contribution in [3.63, 3.8) is 0 Å². The zero-order valence-electron chi connectivity index (χ0n) is 14.0. The molecule has 0 aliphatic heterocycles. The first-order valence-electron chi connectivity index (χ1n) is 6.80. The van der Waals surface area contributed by atoms with E-state index >= 15 is 0 Å². The Balaban J connectivity index is -0.000000267. The highest BCUT2D eigenvalue weighted by Gasteiger charge is 2.32. The maximum atomic E-state index is 9.03. The van der Waals surface area contributed by atoms with Crippen LogP contribution in [-0.2, 0) is 4.74 Å². The van der Waals surface area contributed by atoms with E-state index in [1.54, 1.807) is 0 Å². The molecule has 0 amide bonds. The van der Waals surface area contributed by atoms with Crippen molar-refractivity contribution in [2.24, 2.45) is 10.8 Å². The van der Waals surface area contributed by atoms with Gasteiger partial charge in [-0.05, 0) is 0 Å². The summed E-state index contributed by atoms with van der Waals surface area (Å²) in [4.78, 5) is 0. The molecule has 7 nitrogen and oxygen atoms in total. The van der Waals surface area contributed by atoms with E-state index < -0.39 is 50.5 Å². The first-order chi connectivity index (χ1) is 11.1. The Morgan fingerprint density at radius 3 is 0.783 bits per heavy atom. The molecular formula is C16H34O7. The minimum absolute atomic E-state index is 0.141. The summed E-state index contributed by atoms with van der Waals surface area (Å²) in [6.07, 6.45) is 0. The van der Waals surface area contributed by atoms with Gasteiger partial charge in [0.1, 0.15) is 0 Å². The second-order valence-electron chi connectivity index (χ2n) is 4.44. The Morgan fingerprint density at radius 1 is 0.478 bits per heavy atom. The van der Waals surface area contributed by atoms with Crippen LogP contribution in [0, 0.1) is 10.8 Å². The number of rotatable bonds is 10. The first-order valence-corrected chi connectivity index (χ1v) is 6.80. The molecule has 0 aliphatic carbocycles. The number of aliphatic hydroxyl groups is 6. The van der Waals surface area contributed by atoms with Crippen LogP contribution >= 0.6 is 0 Å². The molecule has 140 valence electrons. The van der Waals surface area contributed by atoms with Gasteiger partial charge in [0.05, 0.1) is 63.7 Å². The summed E-state index contributed by atoms with van der Waals surface area (Å²) in [6.45, 7) is 15.0. The van der Waals surface area contributed by atoms with E-state index in [9.17, 15) is 0 Å². The van der Waals surface area contributed by atoms with Gasteiger partial charge in [-0.2, -0.15) is 0 Å². The van der Waals surface area contributed by atoms with Crippen LogP contribution in [0.15, 0.2) is 39.5 Å². The van der Waals surface area contributed by atoms with Gasteiger partial charge in [-0.3, -0.25) is 0 Å². The van der Waals surface area contributed by atoms with Gasteiger partial charge in [0, 0.05) is 0 Å². The van der Waals surface area contributed by atoms with Crippen LogP contribution in [0.2, 0.25) is 0 Å². The highest BCUT2D eigenvalue weighted by atomic mass is 16.5. The Bertz CT molecular complexity index is 187. The highest BCUT2D eigenvalue weighted by molar-refractivity contribution is 4.80. The van der Waals surface area contributed by atoms with Crippen molar-refractivity contribution in [1.29, 1.82) is 0 Å². The predicted octanol–water partition coefficient (Wildman–Crippen LogP) is -0.664. The van der Waals surface area contributed by atoms with Gasteiger partial charge in [0.25, 0.3) is 0 Å². The second kappa shape index (κ2) is 20.9. The Morgan fingerprint density at radius 2 is 0.652 bits per heavy atom. The maximum Gasteiger partial charge on any atom is 0.0629 e. The van der Waals surface area contributed by atoms with Gasteiger partial charge in [-0.1, -0.05) is 0 Å².